The predicted molar refractivity (Wildman–Crippen MR) is 49.4 cm³/mol. The van der Waals surface area contributed by atoms with Crippen molar-refractivity contribution in [1.29, 1.82) is 0 Å². The van der Waals surface area contributed by atoms with Gasteiger partial charge in [-0.2, -0.15) is 0 Å². The summed E-state index contributed by atoms with van der Waals surface area (Å²) in [5, 5.41) is 8.34. The Morgan fingerprint density at radius 3 is 2.08 bits per heavy atom. The molecule has 0 heterocycles. The number of amides is 1. The molecular formula is C9H17NO3. The molecule has 0 unspecified atom stereocenters. The Hall–Kier alpha value is -1.06. The molecule has 0 aromatic heterocycles. The molecule has 0 bridgehead atoms. The zero-order chi connectivity index (χ0) is 10.3. The highest BCUT2D eigenvalue weighted by atomic mass is 16.4. The first-order chi connectivity index (χ1) is 6.04. The van der Waals surface area contributed by atoms with Crippen LogP contribution in [0.5, 0.6) is 0 Å². The Kier molecular flexibility index (Phi) is 5.93. The van der Waals surface area contributed by atoms with E-state index in [4.69, 9.17) is 5.11 Å². The highest BCUT2D eigenvalue weighted by Gasteiger charge is 2.03. The van der Waals surface area contributed by atoms with Crippen LogP contribution < -0.4 is 0 Å². The molecule has 0 rings (SSSR count). The number of nitrogens with zero attached hydrogens (tertiary/aromatic N) is 1. The minimum absolute atomic E-state index is 0.107. The van der Waals surface area contributed by atoms with Crippen LogP contribution in [0.15, 0.2) is 0 Å². The molecule has 1 amide bonds. The Bertz CT molecular complexity index is 178. The van der Waals surface area contributed by atoms with Gasteiger partial charge in [-0.3, -0.25) is 9.59 Å². The van der Waals surface area contributed by atoms with E-state index in [9.17, 15) is 9.59 Å². The van der Waals surface area contributed by atoms with E-state index in [1.807, 2.05) is 0 Å². The molecular weight excluding hydrogens is 170 g/mol. The summed E-state index contributed by atoms with van der Waals surface area (Å²) in [7, 11) is 3.44. The molecule has 0 saturated heterocycles. The van der Waals surface area contributed by atoms with Crippen molar-refractivity contribution in [2.45, 2.75) is 32.1 Å². The molecule has 0 saturated carbocycles. The molecule has 0 radical (unpaired) electrons. The van der Waals surface area contributed by atoms with Crippen LogP contribution in [0.3, 0.4) is 0 Å². The second-order valence-corrected chi connectivity index (χ2v) is 3.24. The minimum atomic E-state index is -0.765. The maximum atomic E-state index is 11.0. The number of unbranched alkanes of at least 4 members (excludes halogenated alkanes) is 2. The van der Waals surface area contributed by atoms with E-state index in [2.05, 4.69) is 0 Å². The van der Waals surface area contributed by atoms with Gasteiger partial charge in [-0.15, -0.1) is 0 Å². The molecule has 13 heavy (non-hydrogen) atoms. The van der Waals surface area contributed by atoms with Gasteiger partial charge in [0.15, 0.2) is 0 Å². The molecule has 1 N–H and O–H groups in total. The van der Waals surface area contributed by atoms with Crippen LogP contribution in [0.25, 0.3) is 0 Å². The smallest absolute Gasteiger partial charge is 0.303 e. The summed E-state index contributed by atoms with van der Waals surface area (Å²) >= 11 is 0. The van der Waals surface area contributed by atoms with Gasteiger partial charge in [-0.05, 0) is 12.8 Å². The van der Waals surface area contributed by atoms with Crippen molar-refractivity contribution in [3.05, 3.63) is 0 Å². The molecule has 4 nitrogen and oxygen atoms in total. The number of hydrogen-bond donors (Lipinski definition) is 1. The number of aliphatic carboxylic acids is 1. The van der Waals surface area contributed by atoms with Crippen LogP contribution in [-0.2, 0) is 9.59 Å². The average Bonchev–Trinajstić information content (AvgIpc) is 2.02. The third-order valence-electron chi connectivity index (χ3n) is 1.78. The third kappa shape index (κ3) is 7.31. The Balaban J connectivity index is 3.26. The van der Waals surface area contributed by atoms with E-state index in [0.717, 1.165) is 12.8 Å². The van der Waals surface area contributed by atoms with Crippen LogP contribution in [0.4, 0.5) is 0 Å². The van der Waals surface area contributed by atoms with E-state index in [1.54, 1.807) is 19.0 Å². The lowest BCUT2D eigenvalue weighted by molar-refractivity contribution is -0.137. The van der Waals surface area contributed by atoms with Crippen LogP contribution >= 0.6 is 0 Å². The SMILES string of the molecule is CN(C)C(=O)CCCCCC(=O)O. The molecule has 0 aliphatic heterocycles. The average molecular weight is 187 g/mol. The van der Waals surface area contributed by atoms with E-state index in [1.165, 1.54) is 0 Å². The standard InChI is InChI=1S/C9H17NO3/c1-10(2)8(11)6-4-3-5-7-9(12)13/h3-7H2,1-2H3,(H,12,13). The number of carboxylic acids is 1. The maximum absolute atomic E-state index is 11.0. The van der Waals surface area contributed by atoms with Crippen LogP contribution in [0, 0.1) is 0 Å². The number of carbonyl (C=O) groups excluding carboxylic acids is 1. The monoisotopic (exact) mass is 187 g/mol. The van der Waals surface area contributed by atoms with Crippen molar-refractivity contribution in [2.75, 3.05) is 14.1 Å². The topological polar surface area (TPSA) is 57.6 Å². The van der Waals surface area contributed by atoms with Gasteiger partial charge in [0, 0.05) is 26.9 Å². The molecule has 4 heteroatoms. The Morgan fingerprint density at radius 2 is 1.62 bits per heavy atom. The summed E-state index contributed by atoms with van der Waals surface area (Å²) in [5.74, 6) is -0.658. The Morgan fingerprint density at radius 1 is 1.08 bits per heavy atom. The largest absolute Gasteiger partial charge is 0.481 e. The van der Waals surface area contributed by atoms with Gasteiger partial charge < -0.3 is 10.0 Å². The van der Waals surface area contributed by atoms with Gasteiger partial charge in [-0.25, -0.2) is 0 Å². The molecule has 76 valence electrons. The number of carbonyl (C=O) groups is 2. The highest BCUT2D eigenvalue weighted by molar-refractivity contribution is 5.75. The lowest BCUT2D eigenvalue weighted by Crippen LogP contribution is -2.21. The summed E-state index contributed by atoms with van der Waals surface area (Å²) < 4.78 is 0. The number of rotatable bonds is 6. The van der Waals surface area contributed by atoms with Gasteiger partial charge in [0.2, 0.25) is 5.91 Å². The lowest BCUT2D eigenvalue weighted by atomic mass is 10.1. The van der Waals surface area contributed by atoms with Crippen molar-refractivity contribution in [3.63, 3.8) is 0 Å². The highest BCUT2D eigenvalue weighted by Crippen LogP contribution is 2.03. The van der Waals surface area contributed by atoms with Gasteiger partial charge in [0.05, 0.1) is 0 Å². The van der Waals surface area contributed by atoms with Crippen molar-refractivity contribution < 1.29 is 14.7 Å². The third-order valence-corrected chi connectivity index (χ3v) is 1.78. The van der Waals surface area contributed by atoms with Crippen LogP contribution in [0.2, 0.25) is 0 Å². The molecule has 0 atom stereocenters. The van der Waals surface area contributed by atoms with Crippen molar-refractivity contribution in [3.8, 4) is 0 Å². The van der Waals surface area contributed by atoms with E-state index >= 15 is 0 Å². The van der Waals surface area contributed by atoms with E-state index < -0.39 is 5.97 Å². The summed E-state index contributed by atoms with van der Waals surface area (Å²) in [6, 6.07) is 0. The lowest BCUT2D eigenvalue weighted by Gasteiger charge is -2.09. The van der Waals surface area contributed by atoms with E-state index in [0.29, 0.717) is 12.8 Å². The first-order valence-electron chi connectivity index (χ1n) is 4.46. The first kappa shape index (κ1) is 11.9. The number of hydrogen-bond acceptors (Lipinski definition) is 2. The second kappa shape index (κ2) is 6.46. The Labute approximate surface area is 78.5 Å². The fourth-order valence-corrected chi connectivity index (χ4v) is 0.953. The fourth-order valence-electron chi connectivity index (χ4n) is 0.953. The minimum Gasteiger partial charge on any atom is -0.481 e. The summed E-state index contributed by atoms with van der Waals surface area (Å²) in [6.45, 7) is 0. The molecule has 0 fully saturated rings. The van der Waals surface area contributed by atoms with Gasteiger partial charge in [-0.1, -0.05) is 6.42 Å². The number of carboxylic acid groups (broad SMARTS) is 1. The predicted octanol–water partition coefficient (Wildman–Crippen LogP) is 1.11. The normalized spacial score (nSPS) is 9.69. The van der Waals surface area contributed by atoms with Crippen molar-refractivity contribution >= 4 is 11.9 Å². The van der Waals surface area contributed by atoms with Gasteiger partial charge in [0.25, 0.3) is 0 Å². The van der Waals surface area contributed by atoms with Gasteiger partial charge in [0.1, 0.15) is 0 Å². The molecule has 0 aliphatic rings. The van der Waals surface area contributed by atoms with Crippen molar-refractivity contribution in [2.24, 2.45) is 0 Å². The zero-order valence-corrected chi connectivity index (χ0v) is 8.25. The summed E-state index contributed by atoms with van der Waals surface area (Å²) in [4.78, 5) is 22.7. The zero-order valence-electron chi connectivity index (χ0n) is 8.25. The summed E-state index contributed by atoms with van der Waals surface area (Å²) in [6.07, 6.45) is 2.98. The quantitative estimate of drug-likeness (QED) is 0.634. The van der Waals surface area contributed by atoms with Crippen molar-refractivity contribution in [1.82, 2.24) is 4.90 Å². The molecule has 0 spiro atoms. The molecule has 0 aromatic rings. The van der Waals surface area contributed by atoms with Crippen LogP contribution in [0.1, 0.15) is 32.1 Å². The van der Waals surface area contributed by atoms with Crippen LogP contribution in [-0.4, -0.2) is 36.0 Å². The summed E-state index contributed by atoms with van der Waals surface area (Å²) in [5.41, 5.74) is 0. The fraction of sp³-hybridized carbons (Fsp3) is 0.778. The molecule has 0 aliphatic carbocycles. The van der Waals surface area contributed by atoms with E-state index in [-0.39, 0.29) is 12.3 Å². The van der Waals surface area contributed by atoms with Gasteiger partial charge >= 0.3 is 5.97 Å². The molecule has 0 aromatic carbocycles. The maximum Gasteiger partial charge on any atom is 0.303 e. The second-order valence-electron chi connectivity index (χ2n) is 3.24. The first-order valence-corrected chi connectivity index (χ1v) is 4.46.